The lowest BCUT2D eigenvalue weighted by Crippen LogP contribution is -2.51. The van der Waals surface area contributed by atoms with Gasteiger partial charge in [0.2, 0.25) is 0 Å². The van der Waals surface area contributed by atoms with Gasteiger partial charge in [-0.25, -0.2) is 0 Å². The van der Waals surface area contributed by atoms with Gasteiger partial charge in [-0.2, -0.15) is 0 Å². The lowest BCUT2D eigenvalue weighted by molar-refractivity contribution is -0.201. The SMILES string of the molecule is O=C1C[C@H]2[C@H](N3CCOCC3)[C@H](OC3CCCCO3)C[C@H]2O1. The molecule has 3 heterocycles. The molecule has 1 aliphatic carbocycles. The fourth-order valence-electron chi connectivity index (χ4n) is 4.37. The van der Waals surface area contributed by atoms with E-state index in [1.807, 2.05) is 0 Å². The van der Waals surface area contributed by atoms with E-state index in [0.29, 0.717) is 6.42 Å². The molecule has 0 bridgehead atoms. The maximum atomic E-state index is 11.7. The van der Waals surface area contributed by atoms with Gasteiger partial charge in [0, 0.05) is 38.1 Å². The third-order valence-electron chi connectivity index (χ3n) is 5.38. The van der Waals surface area contributed by atoms with Gasteiger partial charge in [0.1, 0.15) is 6.10 Å². The minimum absolute atomic E-state index is 0.0222. The van der Waals surface area contributed by atoms with Gasteiger partial charge in [-0.05, 0) is 19.3 Å². The summed E-state index contributed by atoms with van der Waals surface area (Å²) >= 11 is 0. The Morgan fingerprint density at radius 1 is 1.14 bits per heavy atom. The van der Waals surface area contributed by atoms with E-state index >= 15 is 0 Å². The van der Waals surface area contributed by atoms with Crippen LogP contribution in [0, 0.1) is 5.92 Å². The molecule has 0 N–H and O–H groups in total. The number of nitrogens with zero attached hydrogens (tertiary/aromatic N) is 1. The molecular weight excluding hydrogens is 286 g/mol. The number of rotatable bonds is 3. The monoisotopic (exact) mass is 311 g/mol. The van der Waals surface area contributed by atoms with Crippen molar-refractivity contribution in [2.45, 2.75) is 56.6 Å². The number of carbonyl (C=O) groups is 1. The Morgan fingerprint density at radius 2 is 2.00 bits per heavy atom. The van der Waals surface area contributed by atoms with E-state index in [-0.39, 0.29) is 36.4 Å². The van der Waals surface area contributed by atoms with Crippen molar-refractivity contribution in [2.24, 2.45) is 5.92 Å². The molecular formula is C16H25NO5. The second kappa shape index (κ2) is 6.43. The Balaban J connectivity index is 1.47. The number of fused-ring (bicyclic) bond motifs is 1. The van der Waals surface area contributed by atoms with E-state index in [1.165, 1.54) is 6.42 Å². The maximum absolute atomic E-state index is 11.7. The topological polar surface area (TPSA) is 57.2 Å². The molecule has 6 heteroatoms. The first-order valence-corrected chi connectivity index (χ1v) is 8.59. The molecule has 3 aliphatic heterocycles. The van der Waals surface area contributed by atoms with Crippen LogP contribution in [0.5, 0.6) is 0 Å². The predicted molar refractivity (Wildman–Crippen MR) is 77.2 cm³/mol. The molecule has 124 valence electrons. The van der Waals surface area contributed by atoms with E-state index in [4.69, 9.17) is 18.9 Å². The van der Waals surface area contributed by atoms with Crippen LogP contribution >= 0.6 is 0 Å². The summed E-state index contributed by atoms with van der Waals surface area (Å²) in [5, 5.41) is 0. The number of ether oxygens (including phenoxy) is 4. The average Bonchev–Trinajstić information content (AvgIpc) is 3.04. The zero-order valence-corrected chi connectivity index (χ0v) is 12.9. The lowest BCUT2D eigenvalue weighted by Gasteiger charge is -2.38. The van der Waals surface area contributed by atoms with E-state index in [1.54, 1.807) is 0 Å². The Bertz CT molecular complexity index is 405. The van der Waals surface area contributed by atoms with Crippen LogP contribution in [0.4, 0.5) is 0 Å². The zero-order valence-electron chi connectivity index (χ0n) is 12.9. The molecule has 4 aliphatic rings. The van der Waals surface area contributed by atoms with Crippen molar-refractivity contribution in [1.29, 1.82) is 0 Å². The van der Waals surface area contributed by atoms with Crippen molar-refractivity contribution in [2.75, 3.05) is 32.9 Å². The normalized spacial score (nSPS) is 43.1. The predicted octanol–water partition coefficient (Wildman–Crippen LogP) is 0.934. The minimum Gasteiger partial charge on any atom is -0.462 e. The molecule has 0 radical (unpaired) electrons. The molecule has 4 rings (SSSR count). The highest BCUT2D eigenvalue weighted by Crippen LogP contribution is 2.42. The highest BCUT2D eigenvalue weighted by Gasteiger charge is 2.53. The molecule has 0 aromatic carbocycles. The van der Waals surface area contributed by atoms with Gasteiger partial charge in [-0.1, -0.05) is 0 Å². The summed E-state index contributed by atoms with van der Waals surface area (Å²) in [6, 6.07) is 0.255. The Hall–Kier alpha value is -0.690. The summed E-state index contributed by atoms with van der Waals surface area (Å²) in [7, 11) is 0. The van der Waals surface area contributed by atoms with Crippen LogP contribution in [0.25, 0.3) is 0 Å². The number of morpholine rings is 1. The van der Waals surface area contributed by atoms with Crippen LogP contribution in [-0.4, -0.2) is 68.3 Å². The van der Waals surface area contributed by atoms with Crippen LogP contribution in [0.15, 0.2) is 0 Å². The highest BCUT2D eigenvalue weighted by molar-refractivity contribution is 5.72. The van der Waals surface area contributed by atoms with Crippen molar-refractivity contribution in [1.82, 2.24) is 4.90 Å². The number of esters is 1. The first kappa shape index (κ1) is 14.9. The van der Waals surface area contributed by atoms with E-state index in [9.17, 15) is 4.79 Å². The molecule has 0 aromatic rings. The van der Waals surface area contributed by atoms with Gasteiger partial charge < -0.3 is 18.9 Å². The van der Waals surface area contributed by atoms with Crippen LogP contribution in [0.1, 0.15) is 32.1 Å². The van der Waals surface area contributed by atoms with Crippen molar-refractivity contribution in [3.63, 3.8) is 0 Å². The molecule has 3 saturated heterocycles. The smallest absolute Gasteiger partial charge is 0.306 e. The van der Waals surface area contributed by atoms with E-state index in [2.05, 4.69) is 4.90 Å². The summed E-state index contributed by atoms with van der Waals surface area (Å²) < 4.78 is 23.0. The largest absolute Gasteiger partial charge is 0.462 e. The van der Waals surface area contributed by atoms with Gasteiger partial charge in [-0.3, -0.25) is 9.69 Å². The number of hydrogen-bond acceptors (Lipinski definition) is 6. The summed E-state index contributed by atoms with van der Waals surface area (Å²) in [6.45, 7) is 4.13. The van der Waals surface area contributed by atoms with Crippen molar-refractivity contribution in [3.05, 3.63) is 0 Å². The average molecular weight is 311 g/mol. The van der Waals surface area contributed by atoms with E-state index in [0.717, 1.165) is 52.2 Å². The van der Waals surface area contributed by atoms with Gasteiger partial charge in [-0.15, -0.1) is 0 Å². The third kappa shape index (κ3) is 2.89. The Kier molecular flexibility index (Phi) is 4.35. The summed E-state index contributed by atoms with van der Waals surface area (Å²) in [5.41, 5.74) is 0. The van der Waals surface area contributed by atoms with Crippen LogP contribution in [0.3, 0.4) is 0 Å². The maximum Gasteiger partial charge on any atom is 0.306 e. The van der Waals surface area contributed by atoms with Crippen molar-refractivity contribution >= 4 is 5.97 Å². The molecule has 0 aromatic heterocycles. The van der Waals surface area contributed by atoms with Gasteiger partial charge in [0.05, 0.1) is 25.7 Å². The molecule has 1 saturated carbocycles. The van der Waals surface area contributed by atoms with Crippen molar-refractivity contribution < 1.29 is 23.7 Å². The first-order valence-electron chi connectivity index (χ1n) is 8.59. The fraction of sp³-hybridized carbons (Fsp3) is 0.938. The van der Waals surface area contributed by atoms with Gasteiger partial charge in [0.25, 0.3) is 0 Å². The van der Waals surface area contributed by atoms with Crippen molar-refractivity contribution in [3.8, 4) is 0 Å². The minimum atomic E-state index is -0.0863. The summed E-state index contributed by atoms with van der Waals surface area (Å²) in [6.07, 6.45) is 4.63. The first-order chi connectivity index (χ1) is 10.8. The zero-order chi connectivity index (χ0) is 14.9. The summed E-state index contributed by atoms with van der Waals surface area (Å²) in [4.78, 5) is 14.1. The molecule has 6 nitrogen and oxygen atoms in total. The van der Waals surface area contributed by atoms with Crippen LogP contribution in [0.2, 0.25) is 0 Å². The quantitative estimate of drug-likeness (QED) is 0.723. The fourth-order valence-corrected chi connectivity index (χ4v) is 4.37. The second-order valence-corrected chi connectivity index (χ2v) is 6.74. The highest BCUT2D eigenvalue weighted by atomic mass is 16.7. The number of carbonyl (C=O) groups excluding carboxylic acids is 1. The van der Waals surface area contributed by atoms with Crippen LogP contribution < -0.4 is 0 Å². The molecule has 0 spiro atoms. The molecule has 0 amide bonds. The summed E-state index contributed by atoms with van der Waals surface area (Å²) in [5.74, 6) is 0.208. The Labute approximate surface area is 131 Å². The van der Waals surface area contributed by atoms with Gasteiger partial charge in [0.15, 0.2) is 6.29 Å². The molecule has 22 heavy (non-hydrogen) atoms. The van der Waals surface area contributed by atoms with E-state index < -0.39 is 0 Å². The second-order valence-electron chi connectivity index (χ2n) is 6.74. The van der Waals surface area contributed by atoms with Gasteiger partial charge >= 0.3 is 5.97 Å². The molecule has 4 fully saturated rings. The lowest BCUT2D eigenvalue weighted by atomic mass is 9.97. The number of hydrogen-bond donors (Lipinski definition) is 0. The standard InChI is InChI=1S/C16H25NO5/c18-14-9-11-12(21-14)10-13(22-15-3-1-2-6-20-15)16(11)17-4-7-19-8-5-17/h11-13,15-16H,1-10H2/t11-,12-,13-,15?,16+/m1/s1. The van der Waals surface area contributed by atoms with Crippen LogP contribution in [-0.2, 0) is 23.7 Å². The Morgan fingerprint density at radius 3 is 2.77 bits per heavy atom. The molecule has 1 unspecified atom stereocenters. The third-order valence-corrected chi connectivity index (χ3v) is 5.38. The molecule has 5 atom stereocenters.